The van der Waals surface area contributed by atoms with E-state index in [0.717, 1.165) is 24.4 Å². The van der Waals surface area contributed by atoms with Gasteiger partial charge in [-0.25, -0.2) is 5.84 Å². The van der Waals surface area contributed by atoms with E-state index >= 15 is 0 Å². The van der Waals surface area contributed by atoms with Crippen molar-refractivity contribution in [2.45, 2.75) is 30.6 Å². The second-order valence-electron chi connectivity index (χ2n) is 8.43. The topological polar surface area (TPSA) is 118 Å². The number of halogens is 6. The summed E-state index contributed by atoms with van der Waals surface area (Å²) in [6, 6.07) is 11.1. The Balaban J connectivity index is 1.66. The van der Waals surface area contributed by atoms with Gasteiger partial charge in [0, 0.05) is 23.0 Å². The number of hydrogen-bond acceptors (Lipinski definition) is 5. The summed E-state index contributed by atoms with van der Waals surface area (Å²) in [4.78, 5) is 16.6. The Kier molecular flexibility index (Phi) is 6.59. The quantitative estimate of drug-likeness (QED) is 0.129. The lowest BCUT2D eigenvalue weighted by Gasteiger charge is -2.19. The molecule has 0 bridgehead atoms. The number of rotatable bonds is 5. The molecule has 1 heterocycles. The lowest BCUT2D eigenvalue weighted by Crippen LogP contribution is -2.33. The number of anilines is 1. The third kappa shape index (κ3) is 5.21. The number of amidine groups is 1. The van der Waals surface area contributed by atoms with Gasteiger partial charge >= 0.3 is 12.4 Å². The molecule has 0 saturated heterocycles. The van der Waals surface area contributed by atoms with Gasteiger partial charge in [0.15, 0.2) is 5.84 Å². The summed E-state index contributed by atoms with van der Waals surface area (Å²) in [5.41, 5.74) is 0.645. The number of aromatic nitrogens is 1. The SMILES string of the molecule is N/N=C(\NN)c1cc(NC(=O)C2(c3cccc(C(F)(F)F)c3)CC2)ccc1-c1ccc(C(F)(F)F)nc1. The van der Waals surface area contributed by atoms with Crippen molar-refractivity contribution in [3.63, 3.8) is 0 Å². The lowest BCUT2D eigenvalue weighted by molar-refractivity contribution is -0.141. The number of benzene rings is 2. The highest BCUT2D eigenvalue weighted by molar-refractivity contribution is 6.07. The molecule has 1 amide bonds. The number of nitrogens with zero attached hydrogens (tertiary/aromatic N) is 2. The van der Waals surface area contributed by atoms with E-state index in [1.807, 2.05) is 0 Å². The van der Waals surface area contributed by atoms with Crippen molar-refractivity contribution in [1.29, 1.82) is 0 Å². The minimum atomic E-state index is -4.61. The number of hydrogen-bond donors (Lipinski definition) is 4. The first-order valence-corrected chi connectivity index (χ1v) is 10.8. The molecule has 1 aliphatic rings. The van der Waals surface area contributed by atoms with E-state index in [2.05, 4.69) is 20.8 Å². The van der Waals surface area contributed by atoms with E-state index in [-0.39, 0.29) is 22.6 Å². The summed E-state index contributed by atoms with van der Waals surface area (Å²) in [7, 11) is 0. The second kappa shape index (κ2) is 9.39. The van der Waals surface area contributed by atoms with Gasteiger partial charge in [-0.2, -0.15) is 31.4 Å². The van der Waals surface area contributed by atoms with Crippen LogP contribution in [0.15, 0.2) is 65.9 Å². The molecule has 194 valence electrons. The number of amides is 1. The Labute approximate surface area is 206 Å². The van der Waals surface area contributed by atoms with Crippen LogP contribution in [0.1, 0.15) is 35.2 Å². The van der Waals surface area contributed by atoms with Crippen molar-refractivity contribution >= 4 is 17.4 Å². The maximum absolute atomic E-state index is 13.2. The van der Waals surface area contributed by atoms with Crippen LogP contribution in [-0.4, -0.2) is 16.7 Å². The number of alkyl halides is 6. The standard InChI is InChI=1S/C24H20F6N6O/c25-23(26,27)15-3-1-2-14(10-15)22(8-9-22)21(37)34-16-5-6-17(18(11-16)20(35-31)36-32)13-4-7-19(33-12-13)24(28,29)30/h1-7,10-12H,8-9,31-32H2,(H,34,37)(H,35,36). The number of hydrazone groups is 1. The normalized spacial score (nSPS) is 15.3. The second-order valence-corrected chi connectivity index (χ2v) is 8.43. The van der Waals surface area contributed by atoms with Gasteiger partial charge in [-0.05, 0) is 48.2 Å². The van der Waals surface area contributed by atoms with Gasteiger partial charge in [0.2, 0.25) is 5.91 Å². The molecular weight excluding hydrogens is 502 g/mol. The van der Waals surface area contributed by atoms with Crippen LogP contribution >= 0.6 is 0 Å². The zero-order valence-corrected chi connectivity index (χ0v) is 18.9. The van der Waals surface area contributed by atoms with Crippen LogP contribution in [0.4, 0.5) is 32.0 Å². The number of nitrogens with two attached hydrogens (primary N) is 2. The third-order valence-electron chi connectivity index (χ3n) is 6.09. The fourth-order valence-corrected chi connectivity index (χ4v) is 3.99. The van der Waals surface area contributed by atoms with Crippen molar-refractivity contribution in [2.24, 2.45) is 16.8 Å². The van der Waals surface area contributed by atoms with E-state index in [9.17, 15) is 31.1 Å². The Morgan fingerprint density at radius 3 is 2.24 bits per heavy atom. The van der Waals surface area contributed by atoms with Crippen LogP contribution in [0.25, 0.3) is 11.1 Å². The first-order chi connectivity index (χ1) is 17.4. The number of carbonyl (C=O) groups is 1. The fraction of sp³-hybridized carbons (Fsp3) is 0.208. The number of hydrazine groups is 1. The summed E-state index contributed by atoms with van der Waals surface area (Å²) in [6.07, 6.45) is -7.41. The number of carbonyl (C=O) groups excluding carboxylic acids is 1. The Hall–Kier alpha value is -4.13. The van der Waals surface area contributed by atoms with Gasteiger partial charge < -0.3 is 16.6 Å². The Bertz CT molecular complexity index is 1350. The van der Waals surface area contributed by atoms with Crippen LogP contribution < -0.4 is 22.4 Å². The van der Waals surface area contributed by atoms with E-state index in [4.69, 9.17) is 11.7 Å². The first-order valence-electron chi connectivity index (χ1n) is 10.8. The van der Waals surface area contributed by atoms with E-state index in [1.165, 1.54) is 36.4 Å². The molecule has 3 aromatic rings. The molecule has 6 N–H and O–H groups in total. The van der Waals surface area contributed by atoms with Gasteiger partial charge in [-0.3, -0.25) is 9.78 Å². The summed E-state index contributed by atoms with van der Waals surface area (Å²) >= 11 is 0. The minimum absolute atomic E-state index is 0.0370. The van der Waals surface area contributed by atoms with Gasteiger partial charge in [0.05, 0.1) is 11.0 Å². The minimum Gasteiger partial charge on any atom is -0.325 e. The van der Waals surface area contributed by atoms with E-state index in [0.29, 0.717) is 24.0 Å². The molecule has 1 saturated carbocycles. The van der Waals surface area contributed by atoms with Crippen LogP contribution in [-0.2, 0) is 22.6 Å². The van der Waals surface area contributed by atoms with Crippen LogP contribution in [0.5, 0.6) is 0 Å². The molecule has 0 atom stereocenters. The van der Waals surface area contributed by atoms with Crippen molar-refractivity contribution in [3.8, 4) is 11.1 Å². The highest BCUT2D eigenvalue weighted by Crippen LogP contribution is 2.50. The third-order valence-corrected chi connectivity index (χ3v) is 6.09. The summed E-state index contributed by atoms with van der Waals surface area (Å²) in [5.74, 6) is 10.4. The maximum atomic E-state index is 13.2. The molecule has 7 nitrogen and oxygen atoms in total. The molecule has 1 aliphatic carbocycles. The average molecular weight is 522 g/mol. The van der Waals surface area contributed by atoms with Crippen LogP contribution in [0.2, 0.25) is 0 Å². The van der Waals surface area contributed by atoms with E-state index < -0.39 is 34.9 Å². The average Bonchev–Trinajstić information content (AvgIpc) is 3.67. The lowest BCUT2D eigenvalue weighted by atomic mass is 9.93. The summed E-state index contributed by atoms with van der Waals surface area (Å²) in [5, 5.41) is 6.25. The van der Waals surface area contributed by atoms with Gasteiger partial charge in [0.1, 0.15) is 5.69 Å². The zero-order chi connectivity index (χ0) is 27.0. The van der Waals surface area contributed by atoms with Crippen molar-refractivity contribution in [3.05, 3.63) is 83.2 Å². The number of pyridine rings is 1. The molecule has 2 aromatic carbocycles. The summed E-state index contributed by atoms with van der Waals surface area (Å²) in [6.45, 7) is 0. The molecular formula is C24H20F6N6O. The molecule has 1 fully saturated rings. The van der Waals surface area contributed by atoms with E-state index in [1.54, 1.807) is 0 Å². The van der Waals surface area contributed by atoms with Gasteiger partial charge in [-0.1, -0.05) is 30.3 Å². The molecule has 0 unspecified atom stereocenters. The van der Waals surface area contributed by atoms with Gasteiger partial charge in [-0.15, -0.1) is 0 Å². The monoisotopic (exact) mass is 522 g/mol. The molecule has 0 aliphatic heterocycles. The predicted molar refractivity (Wildman–Crippen MR) is 124 cm³/mol. The van der Waals surface area contributed by atoms with Gasteiger partial charge in [0.25, 0.3) is 0 Å². The smallest absolute Gasteiger partial charge is 0.325 e. The molecule has 13 heteroatoms. The predicted octanol–water partition coefficient (Wildman–Crippen LogP) is 4.54. The summed E-state index contributed by atoms with van der Waals surface area (Å²) < 4.78 is 78.2. The van der Waals surface area contributed by atoms with Crippen LogP contribution in [0, 0.1) is 0 Å². The Morgan fingerprint density at radius 2 is 1.70 bits per heavy atom. The van der Waals surface area contributed by atoms with Crippen molar-refractivity contribution < 1.29 is 31.1 Å². The maximum Gasteiger partial charge on any atom is 0.433 e. The molecule has 1 aromatic heterocycles. The number of nitrogens with one attached hydrogen (secondary N) is 2. The zero-order valence-electron chi connectivity index (χ0n) is 18.9. The fourth-order valence-electron chi connectivity index (χ4n) is 3.99. The first kappa shape index (κ1) is 25.9. The highest BCUT2D eigenvalue weighted by atomic mass is 19.4. The largest absolute Gasteiger partial charge is 0.433 e. The molecule has 0 spiro atoms. The van der Waals surface area contributed by atoms with Crippen molar-refractivity contribution in [2.75, 3.05) is 5.32 Å². The molecule has 0 radical (unpaired) electrons. The van der Waals surface area contributed by atoms with Crippen molar-refractivity contribution in [1.82, 2.24) is 10.4 Å². The van der Waals surface area contributed by atoms with Crippen LogP contribution in [0.3, 0.4) is 0 Å². The molecule has 4 rings (SSSR count). The highest BCUT2D eigenvalue weighted by Gasteiger charge is 2.52. The Morgan fingerprint density at radius 1 is 0.973 bits per heavy atom. The molecule has 37 heavy (non-hydrogen) atoms.